The molecule has 29 heavy (non-hydrogen) atoms. The molecule has 0 amide bonds. The molecule has 0 fully saturated rings. The molecular formula is C26H24O2S. The van der Waals surface area contributed by atoms with Crippen molar-refractivity contribution in [1.82, 2.24) is 0 Å². The summed E-state index contributed by atoms with van der Waals surface area (Å²) in [5.74, 6) is 2.92. The number of rotatable bonds is 2. The van der Waals surface area contributed by atoms with Crippen LogP contribution in [0.2, 0.25) is 0 Å². The van der Waals surface area contributed by atoms with Crippen molar-refractivity contribution >= 4 is 27.9 Å². The highest BCUT2D eigenvalue weighted by Gasteiger charge is 2.40. The van der Waals surface area contributed by atoms with E-state index in [1.165, 1.54) is 27.5 Å². The molecular weight excluding hydrogens is 376 g/mol. The molecule has 0 N–H and O–H groups in total. The van der Waals surface area contributed by atoms with Crippen molar-refractivity contribution in [2.24, 2.45) is 5.41 Å². The van der Waals surface area contributed by atoms with Gasteiger partial charge in [0.15, 0.2) is 0 Å². The monoisotopic (exact) mass is 400 g/mol. The summed E-state index contributed by atoms with van der Waals surface area (Å²) in [7, 11) is 1.70. The highest BCUT2D eigenvalue weighted by Crippen LogP contribution is 2.52. The topological polar surface area (TPSA) is 18.5 Å². The SMILES string of the molecule is COc1ccc(C2C3=C(CC(C)(C)CC3=S)Oc3ccc4ccccc4c32)cc1. The van der Waals surface area contributed by atoms with E-state index >= 15 is 0 Å². The first-order valence-corrected chi connectivity index (χ1v) is 10.5. The predicted octanol–water partition coefficient (Wildman–Crippen LogP) is 6.82. The molecule has 3 aromatic rings. The fourth-order valence-corrected chi connectivity index (χ4v) is 5.38. The number of benzene rings is 3. The summed E-state index contributed by atoms with van der Waals surface area (Å²) in [5.41, 5.74) is 3.75. The summed E-state index contributed by atoms with van der Waals surface area (Å²) in [4.78, 5) is 1.02. The highest BCUT2D eigenvalue weighted by atomic mass is 32.1. The van der Waals surface area contributed by atoms with Gasteiger partial charge in [0.25, 0.3) is 0 Å². The van der Waals surface area contributed by atoms with E-state index < -0.39 is 0 Å². The maximum atomic E-state index is 6.51. The maximum Gasteiger partial charge on any atom is 0.131 e. The number of fused-ring (bicyclic) bond motifs is 3. The molecule has 1 heterocycles. The second-order valence-corrected chi connectivity index (χ2v) is 9.28. The fraction of sp³-hybridized carbons (Fsp3) is 0.269. The fourth-order valence-electron chi connectivity index (χ4n) is 4.76. The molecule has 1 aliphatic heterocycles. The van der Waals surface area contributed by atoms with E-state index in [2.05, 4.69) is 62.4 Å². The van der Waals surface area contributed by atoms with Gasteiger partial charge in [0, 0.05) is 28.3 Å². The molecule has 0 spiro atoms. The van der Waals surface area contributed by atoms with Gasteiger partial charge in [0.05, 0.1) is 7.11 Å². The van der Waals surface area contributed by atoms with Crippen LogP contribution in [0.5, 0.6) is 11.5 Å². The summed E-state index contributed by atoms with van der Waals surface area (Å²) in [6, 6.07) is 21.2. The van der Waals surface area contributed by atoms with Crippen molar-refractivity contribution < 1.29 is 9.47 Å². The molecule has 0 aromatic heterocycles. The van der Waals surface area contributed by atoms with Crippen molar-refractivity contribution in [3.63, 3.8) is 0 Å². The van der Waals surface area contributed by atoms with Crippen LogP contribution < -0.4 is 9.47 Å². The minimum atomic E-state index is 0.0781. The number of ether oxygens (including phenoxy) is 2. The third-order valence-corrected chi connectivity index (χ3v) is 6.43. The smallest absolute Gasteiger partial charge is 0.131 e. The minimum absolute atomic E-state index is 0.0781. The van der Waals surface area contributed by atoms with Crippen LogP contribution in [-0.2, 0) is 0 Å². The Morgan fingerprint density at radius 2 is 1.72 bits per heavy atom. The predicted molar refractivity (Wildman–Crippen MR) is 122 cm³/mol. The molecule has 146 valence electrons. The van der Waals surface area contributed by atoms with E-state index in [0.717, 1.165) is 35.0 Å². The number of thiocarbonyl (C=S) groups is 1. The molecule has 0 bridgehead atoms. The van der Waals surface area contributed by atoms with E-state index in [4.69, 9.17) is 21.7 Å². The Hall–Kier alpha value is -2.65. The molecule has 5 rings (SSSR count). The Morgan fingerprint density at radius 1 is 0.966 bits per heavy atom. The maximum absolute atomic E-state index is 6.51. The lowest BCUT2D eigenvalue weighted by molar-refractivity contribution is 0.281. The summed E-state index contributed by atoms with van der Waals surface area (Å²) in [6.07, 6.45) is 1.82. The quantitative estimate of drug-likeness (QED) is 0.440. The number of hydrogen-bond donors (Lipinski definition) is 0. The van der Waals surface area contributed by atoms with Crippen LogP contribution in [0.4, 0.5) is 0 Å². The van der Waals surface area contributed by atoms with Crippen molar-refractivity contribution in [3.8, 4) is 11.5 Å². The van der Waals surface area contributed by atoms with E-state index in [9.17, 15) is 0 Å². The Kier molecular flexibility index (Phi) is 4.25. The minimum Gasteiger partial charge on any atom is -0.497 e. The third kappa shape index (κ3) is 3.05. The van der Waals surface area contributed by atoms with Crippen LogP contribution in [0.25, 0.3) is 10.8 Å². The van der Waals surface area contributed by atoms with Gasteiger partial charge in [-0.2, -0.15) is 0 Å². The molecule has 0 saturated carbocycles. The van der Waals surface area contributed by atoms with Gasteiger partial charge >= 0.3 is 0 Å². The highest BCUT2D eigenvalue weighted by molar-refractivity contribution is 7.80. The number of methoxy groups -OCH3 is 1. The third-order valence-electron chi connectivity index (χ3n) is 6.07. The van der Waals surface area contributed by atoms with Gasteiger partial charge in [-0.15, -0.1) is 0 Å². The first-order chi connectivity index (χ1) is 14.0. The summed E-state index contributed by atoms with van der Waals surface area (Å²) in [6.45, 7) is 4.54. The van der Waals surface area contributed by atoms with Crippen molar-refractivity contribution in [1.29, 1.82) is 0 Å². The molecule has 1 atom stereocenters. The zero-order chi connectivity index (χ0) is 20.2. The summed E-state index contributed by atoms with van der Waals surface area (Å²) in [5, 5.41) is 2.45. The van der Waals surface area contributed by atoms with Gasteiger partial charge < -0.3 is 9.47 Å². The van der Waals surface area contributed by atoms with Crippen LogP contribution in [0.1, 0.15) is 43.7 Å². The van der Waals surface area contributed by atoms with Crippen LogP contribution >= 0.6 is 12.2 Å². The van der Waals surface area contributed by atoms with Crippen LogP contribution in [0.3, 0.4) is 0 Å². The lowest BCUT2D eigenvalue weighted by Crippen LogP contribution is -2.32. The van der Waals surface area contributed by atoms with E-state index in [1.807, 2.05) is 12.1 Å². The molecule has 1 unspecified atom stereocenters. The van der Waals surface area contributed by atoms with Crippen LogP contribution in [0, 0.1) is 5.41 Å². The molecule has 2 nitrogen and oxygen atoms in total. The van der Waals surface area contributed by atoms with E-state index in [0.29, 0.717) is 0 Å². The average molecular weight is 401 g/mol. The Balaban J connectivity index is 1.79. The normalized spacial score (nSPS) is 20.1. The van der Waals surface area contributed by atoms with Gasteiger partial charge in [0.2, 0.25) is 0 Å². The van der Waals surface area contributed by atoms with Crippen molar-refractivity contribution in [2.45, 2.75) is 32.6 Å². The van der Waals surface area contributed by atoms with Gasteiger partial charge in [-0.3, -0.25) is 0 Å². The Morgan fingerprint density at radius 3 is 2.48 bits per heavy atom. The van der Waals surface area contributed by atoms with Gasteiger partial charge in [-0.1, -0.05) is 68.5 Å². The first kappa shape index (κ1) is 18.4. The summed E-state index contributed by atoms with van der Waals surface area (Å²) < 4.78 is 11.9. The van der Waals surface area contributed by atoms with Gasteiger partial charge in [-0.05, 0) is 46.4 Å². The number of allylic oxidation sites excluding steroid dienone is 2. The Labute approximate surface area is 177 Å². The lowest BCUT2D eigenvalue weighted by Gasteiger charge is -2.40. The molecule has 3 aromatic carbocycles. The summed E-state index contributed by atoms with van der Waals surface area (Å²) >= 11 is 5.97. The molecule has 1 aliphatic carbocycles. The van der Waals surface area contributed by atoms with Crippen LogP contribution in [-0.4, -0.2) is 12.0 Å². The zero-order valence-electron chi connectivity index (χ0n) is 17.0. The largest absolute Gasteiger partial charge is 0.497 e. The van der Waals surface area contributed by atoms with Crippen molar-refractivity contribution in [3.05, 3.63) is 83.1 Å². The van der Waals surface area contributed by atoms with Gasteiger partial charge in [0.1, 0.15) is 17.3 Å². The van der Waals surface area contributed by atoms with Crippen LogP contribution in [0.15, 0.2) is 72.0 Å². The standard InChI is InChI=1S/C26H24O2S/c1-26(2)14-21-25(22(29)15-26)23(17-8-11-18(27-3)12-9-17)24-19-7-5-4-6-16(19)10-13-20(24)28-21/h4-13,23H,14-15H2,1-3H3. The second kappa shape index (κ2) is 6.70. The van der Waals surface area contributed by atoms with Crippen molar-refractivity contribution in [2.75, 3.05) is 7.11 Å². The lowest BCUT2D eigenvalue weighted by atomic mass is 9.70. The molecule has 3 heteroatoms. The second-order valence-electron chi connectivity index (χ2n) is 8.78. The first-order valence-electron chi connectivity index (χ1n) is 10.1. The zero-order valence-corrected chi connectivity index (χ0v) is 17.8. The molecule has 0 saturated heterocycles. The molecule has 2 aliphatic rings. The average Bonchev–Trinajstić information content (AvgIpc) is 2.71. The Bertz CT molecular complexity index is 1160. The van der Waals surface area contributed by atoms with E-state index in [-0.39, 0.29) is 11.3 Å². The van der Waals surface area contributed by atoms with Gasteiger partial charge in [-0.25, -0.2) is 0 Å². The number of hydrogen-bond acceptors (Lipinski definition) is 3. The molecule has 0 radical (unpaired) electrons. The van der Waals surface area contributed by atoms with E-state index in [1.54, 1.807) is 7.11 Å².